The molecular weight excluding hydrogens is 253 g/mol. The Labute approximate surface area is 109 Å². The first-order valence-electron chi connectivity index (χ1n) is 4.14. The van der Waals surface area contributed by atoms with Crippen LogP contribution in [0.5, 0.6) is 0 Å². The molecule has 1 radical (unpaired) electrons. The molecule has 0 unspecified atom stereocenters. The van der Waals surface area contributed by atoms with Crippen molar-refractivity contribution in [1.29, 1.82) is 5.26 Å². The van der Waals surface area contributed by atoms with E-state index in [2.05, 4.69) is 6.07 Å². The van der Waals surface area contributed by atoms with Crippen LogP contribution >= 0.6 is 0 Å². The standard InChI is InChI=1S/C10H11N2O.Y/c1-8(2)9-3-5-12(6-4-11)10(13)7-9;/h5,7-8H,6H2,1-2H3;/q-1;. The summed E-state index contributed by atoms with van der Waals surface area (Å²) in [6.45, 7) is 4.09. The predicted molar refractivity (Wildman–Crippen MR) is 49.2 cm³/mol. The summed E-state index contributed by atoms with van der Waals surface area (Å²) < 4.78 is 1.34. The van der Waals surface area contributed by atoms with Gasteiger partial charge in [0, 0.05) is 32.7 Å². The van der Waals surface area contributed by atoms with Crippen LogP contribution in [0.1, 0.15) is 25.3 Å². The van der Waals surface area contributed by atoms with Gasteiger partial charge in [-0.1, -0.05) is 26.0 Å². The summed E-state index contributed by atoms with van der Waals surface area (Å²) in [6.07, 6.45) is 1.54. The third kappa shape index (κ3) is 3.36. The minimum atomic E-state index is -0.135. The fourth-order valence-corrected chi connectivity index (χ4v) is 1.01. The Kier molecular flexibility index (Phi) is 5.91. The molecule has 71 valence electrons. The third-order valence-electron chi connectivity index (χ3n) is 1.81. The topological polar surface area (TPSA) is 45.8 Å². The molecule has 0 bridgehead atoms. The van der Waals surface area contributed by atoms with E-state index in [0.29, 0.717) is 5.92 Å². The van der Waals surface area contributed by atoms with Gasteiger partial charge in [0.1, 0.15) is 6.54 Å². The Morgan fingerprint density at radius 2 is 2.29 bits per heavy atom. The average Bonchev–Trinajstić information content (AvgIpc) is 2.08. The van der Waals surface area contributed by atoms with Crippen molar-refractivity contribution in [3.63, 3.8) is 0 Å². The Balaban J connectivity index is 0.00000169. The number of aromatic nitrogens is 1. The molecule has 0 saturated carbocycles. The van der Waals surface area contributed by atoms with E-state index in [1.807, 2.05) is 19.9 Å². The molecule has 0 saturated heterocycles. The maximum Gasteiger partial charge on any atom is 0.168 e. The molecule has 1 aromatic rings. The van der Waals surface area contributed by atoms with Crippen LogP contribution in [0.4, 0.5) is 0 Å². The number of pyridine rings is 1. The number of hydrogen-bond donors (Lipinski definition) is 0. The molecule has 0 fully saturated rings. The first-order valence-corrected chi connectivity index (χ1v) is 4.14. The largest absolute Gasteiger partial charge is 0.335 e. The van der Waals surface area contributed by atoms with Crippen LogP contribution < -0.4 is 5.56 Å². The SMILES string of the molecule is CC(C)c1[c-]cn(CC#N)c(=O)c1.[Y]. The summed E-state index contributed by atoms with van der Waals surface area (Å²) in [5, 5.41) is 8.40. The van der Waals surface area contributed by atoms with Crippen molar-refractivity contribution in [2.45, 2.75) is 26.3 Å². The van der Waals surface area contributed by atoms with E-state index in [9.17, 15) is 4.79 Å². The molecule has 0 aliphatic carbocycles. The van der Waals surface area contributed by atoms with Gasteiger partial charge in [0.15, 0.2) is 5.56 Å². The first-order chi connectivity index (χ1) is 6.15. The molecular formula is C10H11N2OY-. The van der Waals surface area contributed by atoms with Crippen LogP contribution in [-0.2, 0) is 39.3 Å². The van der Waals surface area contributed by atoms with E-state index in [1.54, 1.807) is 6.20 Å². The van der Waals surface area contributed by atoms with Gasteiger partial charge >= 0.3 is 0 Å². The van der Waals surface area contributed by atoms with Crippen molar-refractivity contribution < 1.29 is 32.7 Å². The Morgan fingerprint density at radius 3 is 2.71 bits per heavy atom. The van der Waals surface area contributed by atoms with Gasteiger partial charge in [-0.05, 0) is 0 Å². The molecule has 3 nitrogen and oxygen atoms in total. The quantitative estimate of drug-likeness (QED) is 0.756. The molecule has 1 aromatic heterocycles. The summed E-state index contributed by atoms with van der Waals surface area (Å²) in [6, 6.07) is 6.42. The van der Waals surface area contributed by atoms with Crippen LogP contribution in [0.15, 0.2) is 17.1 Å². The van der Waals surface area contributed by atoms with E-state index in [-0.39, 0.29) is 44.8 Å². The van der Waals surface area contributed by atoms with Gasteiger partial charge in [-0.15, -0.1) is 6.07 Å². The summed E-state index contributed by atoms with van der Waals surface area (Å²) in [5.74, 6) is 0.296. The number of rotatable bonds is 2. The second-order valence-electron chi connectivity index (χ2n) is 3.15. The molecule has 0 spiro atoms. The molecule has 0 aromatic carbocycles. The van der Waals surface area contributed by atoms with Crippen LogP contribution in [0.2, 0.25) is 0 Å². The molecule has 4 heteroatoms. The van der Waals surface area contributed by atoms with E-state index in [0.717, 1.165) is 5.56 Å². The summed E-state index contributed by atoms with van der Waals surface area (Å²) in [5.41, 5.74) is 0.753. The van der Waals surface area contributed by atoms with Gasteiger partial charge in [-0.25, -0.2) is 11.6 Å². The molecule has 0 amide bonds. The normalized spacial score (nSPS) is 9.29. The Morgan fingerprint density at radius 1 is 1.64 bits per heavy atom. The van der Waals surface area contributed by atoms with Crippen molar-refractivity contribution in [2.24, 2.45) is 0 Å². The second kappa shape index (κ2) is 6.11. The van der Waals surface area contributed by atoms with Crippen molar-refractivity contribution in [1.82, 2.24) is 4.57 Å². The maximum absolute atomic E-state index is 11.3. The van der Waals surface area contributed by atoms with Gasteiger partial charge in [-0.2, -0.15) is 5.26 Å². The van der Waals surface area contributed by atoms with Crippen LogP contribution in [0, 0.1) is 17.4 Å². The summed E-state index contributed by atoms with van der Waals surface area (Å²) in [4.78, 5) is 11.3. The number of nitriles is 1. The second-order valence-corrected chi connectivity index (χ2v) is 3.15. The summed E-state index contributed by atoms with van der Waals surface area (Å²) in [7, 11) is 0. The fraction of sp³-hybridized carbons (Fsp3) is 0.400. The van der Waals surface area contributed by atoms with Crippen molar-refractivity contribution in [3.05, 3.63) is 34.2 Å². The third-order valence-corrected chi connectivity index (χ3v) is 1.81. The Bertz CT molecular complexity index is 390. The van der Waals surface area contributed by atoms with E-state index in [4.69, 9.17) is 5.26 Å². The van der Waals surface area contributed by atoms with Crippen LogP contribution in [-0.4, -0.2) is 4.57 Å². The molecule has 0 aliphatic rings. The average molecular weight is 264 g/mol. The summed E-state index contributed by atoms with van der Waals surface area (Å²) >= 11 is 0. The minimum Gasteiger partial charge on any atom is -0.335 e. The molecule has 1 rings (SSSR count). The molecule has 0 aliphatic heterocycles. The van der Waals surface area contributed by atoms with Gasteiger partial charge in [0.25, 0.3) is 0 Å². The van der Waals surface area contributed by atoms with Gasteiger partial charge < -0.3 is 4.57 Å². The van der Waals surface area contributed by atoms with Crippen LogP contribution in [0.3, 0.4) is 0 Å². The minimum absolute atomic E-state index is 0. The molecule has 0 N–H and O–H groups in total. The molecule has 14 heavy (non-hydrogen) atoms. The van der Waals surface area contributed by atoms with E-state index in [1.165, 1.54) is 10.6 Å². The Hall–Kier alpha value is -0.456. The number of hydrogen-bond acceptors (Lipinski definition) is 2. The van der Waals surface area contributed by atoms with Gasteiger partial charge in [0.2, 0.25) is 0 Å². The zero-order chi connectivity index (χ0) is 9.84. The van der Waals surface area contributed by atoms with E-state index >= 15 is 0 Å². The zero-order valence-corrected chi connectivity index (χ0v) is 11.2. The van der Waals surface area contributed by atoms with Crippen molar-refractivity contribution >= 4 is 0 Å². The smallest absolute Gasteiger partial charge is 0.168 e. The predicted octanol–water partition coefficient (Wildman–Crippen LogP) is 1.29. The van der Waals surface area contributed by atoms with Gasteiger partial charge in [-0.3, -0.25) is 4.79 Å². The zero-order valence-electron chi connectivity index (χ0n) is 8.32. The molecule has 1 heterocycles. The van der Waals surface area contributed by atoms with Crippen molar-refractivity contribution in [3.8, 4) is 6.07 Å². The molecule has 0 atom stereocenters. The number of nitrogens with zero attached hydrogens (tertiary/aromatic N) is 2. The monoisotopic (exact) mass is 264 g/mol. The van der Waals surface area contributed by atoms with Gasteiger partial charge in [0.05, 0.1) is 6.07 Å². The van der Waals surface area contributed by atoms with Crippen molar-refractivity contribution in [2.75, 3.05) is 0 Å². The van der Waals surface area contributed by atoms with Crippen LogP contribution in [0.25, 0.3) is 0 Å². The fourth-order valence-electron chi connectivity index (χ4n) is 1.01. The maximum atomic E-state index is 11.3. The van der Waals surface area contributed by atoms with E-state index < -0.39 is 0 Å². The first kappa shape index (κ1) is 13.5.